The third-order valence-electron chi connectivity index (χ3n) is 5.37. The lowest BCUT2D eigenvalue weighted by molar-refractivity contribution is 0.0445. The minimum Gasteiger partial charge on any atom is -0.451 e. The Balaban J connectivity index is 1.47. The van der Waals surface area contributed by atoms with Crippen LogP contribution in [0, 0.1) is 12.7 Å². The third-order valence-corrected chi connectivity index (χ3v) is 7.15. The number of Topliss-reactive ketones (excluding diaryl/α,β-unsaturated/α-hetero) is 1. The number of benzene rings is 2. The molecule has 1 aliphatic rings. The first-order chi connectivity index (χ1) is 14.7. The van der Waals surface area contributed by atoms with Crippen LogP contribution in [0.1, 0.15) is 39.0 Å². The van der Waals surface area contributed by atoms with Crippen molar-refractivity contribution in [3.8, 4) is 0 Å². The van der Waals surface area contributed by atoms with Crippen molar-refractivity contribution in [3.05, 3.63) is 64.7 Å². The van der Waals surface area contributed by atoms with Gasteiger partial charge >= 0.3 is 5.97 Å². The van der Waals surface area contributed by atoms with Gasteiger partial charge in [-0.25, -0.2) is 17.6 Å². The first-order valence-corrected chi connectivity index (χ1v) is 11.3. The molecule has 0 fully saturated rings. The van der Waals surface area contributed by atoms with E-state index in [0.29, 0.717) is 40.7 Å². The summed E-state index contributed by atoms with van der Waals surface area (Å²) in [4.78, 5) is 24.9. The molecule has 0 bridgehead atoms. The maximum absolute atomic E-state index is 13.4. The van der Waals surface area contributed by atoms with Crippen molar-refractivity contribution < 1.29 is 31.6 Å². The highest BCUT2D eigenvalue weighted by molar-refractivity contribution is 7.92. The van der Waals surface area contributed by atoms with Gasteiger partial charge in [-0.2, -0.15) is 0 Å². The van der Waals surface area contributed by atoms with Gasteiger partial charge in [-0.3, -0.25) is 9.10 Å². The Bertz CT molecular complexity index is 1310. The second-order valence-corrected chi connectivity index (χ2v) is 9.44. The highest BCUT2D eigenvalue weighted by atomic mass is 32.2. The molecule has 0 radical (unpaired) electrons. The number of carbonyl (C=O) groups is 2. The van der Waals surface area contributed by atoms with Gasteiger partial charge in [0.15, 0.2) is 12.4 Å². The number of esters is 1. The molecule has 0 spiro atoms. The lowest BCUT2D eigenvalue weighted by Gasteiger charge is -2.18. The molecule has 3 aromatic rings. The number of anilines is 1. The number of ether oxygens (including phenoxy) is 1. The lowest BCUT2D eigenvalue weighted by atomic mass is 10.1. The van der Waals surface area contributed by atoms with Crippen LogP contribution in [-0.2, 0) is 21.2 Å². The number of halogens is 1. The van der Waals surface area contributed by atoms with Crippen molar-refractivity contribution in [1.29, 1.82) is 0 Å². The lowest BCUT2D eigenvalue weighted by Crippen LogP contribution is -2.30. The zero-order valence-electron chi connectivity index (χ0n) is 17.0. The average Bonchev–Trinajstić information content (AvgIpc) is 3.33. The number of hydrogen-bond donors (Lipinski definition) is 0. The van der Waals surface area contributed by atoms with Gasteiger partial charge < -0.3 is 9.15 Å². The minimum atomic E-state index is -3.37. The zero-order valence-corrected chi connectivity index (χ0v) is 17.8. The predicted octanol–water partition coefficient (Wildman–Crippen LogP) is 3.63. The smallest absolute Gasteiger partial charge is 0.375 e. The Hall–Kier alpha value is -3.20. The number of fused-ring (bicyclic) bond motifs is 2. The molecule has 0 saturated heterocycles. The second kappa shape index (κ2) is 7.81. The summed E-state index contributed by atoms with van der Waals surface area (Å²) in [5.41, 5.74) is 2.43. The Morgan fingerprint density at radius 1 is 1.19 bits per heavy atom. The van der Waals surface area contributed by atoms with Gasteiger partial charge in [-0.05, 0) is 62.2 Å². The summed E-state index contributed by atoms with van der Waals surface area (Å²) < 4.78 is 49.7. The maximum Gasteiger partial charge on any atom is 0.375 e. The molecule has 0 aliphatic carbocycles. The summed E-state index contributed by atoms with van der Waals surface area (Å²) in [7, 11) is -3.37. The SMILES string of the molecule is CCS(=O)(=O)N1CCc2cc(C(=O)COC(=O)c3oc4ccc(F)cc4c3C)ccc21. The van der Waals surface area contributed by atoms with E-state index in [-0.39, 0.29) is 11.5 Å². The fraction of sp³-hybridized carbons (Fsp3) is 0.273. The Kier molecular flexibility index (Phi) is 5.30. The first-order valence-electron chi connectivity index (χ1n) is 9.73. The number of carbonyl (C=O) groups excluding carboxylic acids is 2. The van der Waals surface area contributed by atoms with Crippen molar-refractivity contribution >= 4 is 38.4 Å². The largest absolute Gasteiger partial charge is 0.451 e. The van der Waals surface area contributed by atoms with Crippen LogP contribution in [0.2, 0.25) is 0 Å². The van der Waals surface area contributed by atoms with E-state index in [1.54, 1.807) is 26.0 Å². The van der Waals surface area contributed by atoms with Gasteiger partial charge in [0.1, 0.15) is 11.4 Å². The molecule has 162 valence electrons. The topological polar surface area (TPSA) is 93.9 Å². The van der Waals surface area contributed by atoms with E-state index in [1.165, 1.54) is 28.6 Å². The fourth-order valence-electron chi connectivity index (χ4n) is 3.66. The number of ketones is 1. The number of nitrogens with zero attached hydrogens (tertiary/aromatic N) is 1. The van der Waals surface area contributed by atoms with Crippen LogP contribution in [0.15, 0.2) is 40.8 Å². The third kappa shape index (κ3) is 3.81. The van der Waals surface area contributed by atoms with E-state index in [0.717, 1.165) is 5.56 Å². The monoisotopic (exact) mass is 445 g/mol. The molecule has 9 heteroatoms. The van der Waals surface area contributed by atoms with E-state index in [1.807, 2.05) is 0 Å². The van der Waals surface area contributed by atoms with Crippen molar-refractivity contribution in [2.45, 2.75) is 20.3 Å². The maximum atomic E-state index is 13.4. The molecule has 4 rings (SSSR count). The van der Waals surface area contributed by atoms with Gasteiger partial charge in [-0.1, -0.05) is 0 Å². The molecule has 7 nitrogen and oxygen atoms in total. The first kappa shape index (κ1) is 21.0. The Labute approximate surface area is 178 Å². The van der Waals surface area contributed by atoms with E-state index in [4.69, 9.17) is 9.15 Å². The van der Waals surface area contributed by atoms with Crippen molar-refractivity contribution in [2.24, 2.45) is 0 Å². The Morgan fingerprint density at radius 2 is 1.97 bits per heavy atom. The fourth-order valence-corrected chi connectivity index (χ4v) is 4.82. The molecule has 0 atom stereocenters. The van der Waals surface area contributed by atoms with Gasteiger partial charge in [0.2, 0.25) is 15.8 Å². The van der Waals surface area contributed by atoms with Gasteiger partial charge in [0.25, 0.3) is 0 Å². The molecular formula is C22H20FNO6S. The molecule has 1 aliphatic heterocycles. The summed E-state index contributed by atoms with van der Waals surface area (Å²) in [5.74, 6) is -1.77. The van der Waals surface area contributed by atoms with Gasteiger partial charge in [0, 0.05) is 23.1 Å². The van der Waals surface area contributed by atoms with E-state index in [2.05, 4.69) is 0 Å². The van der Waals surface area contributed by atoms with E-state index < -0.39 is 34.2 Å². The molecule has 2 heterocycles. The number of aryl methyl sites for hydroxylation is 1. The molecule has 1 aromatic heterocycles. The van der Waals surface area contributed by atoms with Crippen LogP contribution in [-0.4, -0.2) is 39.1 Å². The highest BCUT2D eigenvalue weighted by Crippen LogP contribution is 2.31. The molecule has 31 heavy (non-hydrogen) atoms. The second-order valence-electron chi connectivity index (χ2n) is 7.26. The van der Waals surface area contributed by atoms with Crippen LogP contribution >= 0.6 is 0 Å². The van der Waals surface area contributed by atoms with Crippen LogP contribution in [0.5, 0.6) is 0 Å². The minimum absolute atomic E-state index is 0.00305. The van der Waals surface area contributed by atoms with E-state index >= 15 is 0 Å². The molecule has 2 aromatic carbocycles. The van der Waals surface area contributed by atoms with Crippen LogP contribution in [0.3, 0.4) is 0 Å². The Morgan fingerprint density at radius 3 is 2.71 bits per heavy atom. The normalized spacial score (nSPS) is 13.5. The quantitative estimate of drug-likeness (QED) is 0.425. The van der Waals surface area contributed by atoms with Crippen LogP contribution in [0.25, 0.3) is 11.0 Å². The summed E-state index contributed by atoms with van der Waals surface area (Å²) >= 11 is 0. The molecule has 0 amide bonds. The van der Waals surface area contributed by atoms with Gasteiger partial charge in [0.05, 0.1) is 11.4 Å². The summed E-state index contributed by atoms with van der Waals surface area (Å²) in [6.45, 7) is 3.03. The highest BCUT2D eigenvalue weighted by Gasteiger charge is 2.29. The van der Waals surface area contributed by atoms with Crippen molar-refractivity contribution in [2.75, 3.05) is 23.2 Å². The molecular weight excluding hydrogens is 425 g/mol. The van der Waals surface area contributed by atoms with Gasteiger partial charge in [-0.15, -0.1) is 0 Å². The summed E-state index contributed by atoms with van der Waals surface area (Å²) in [5, 5.41) is 0.462. The number of rotatable bonds is 6. The number of hydrogen-bond acceptors (Lipinski definition) is 6. The molecule has 0 N–H and O–H groups in total. The summed E-state index contributed by atoms with van der Waals surface area (Å²) in [6, 6.07) is 8.67. The predicted molar refractivity (Wildman–Crippen MR) is 112 cm³/mol. The zero-order chi connectivity index (χ0) is 22.3. The van der Waals surface area contributed by atoms with Crippen molar-refractivity contribution in [3.63, 3.8) is 0 Å². The van der Waals surface area contributed by atoms with Crippen molar-refractivity contribution in [1.82, 2.24) is 0 Å². The number of sulfonamides is 1. The molecule has 0 saturated carbocycles. The van der Waals surface area contributed by atoms with E-state index in [9.17, 15) is 22.4 Å². The van der Waals surface area contributed by atoms with Crippen LogP contribution in [0.4, 0.5) is 10.1 Å². The number of furan rings is 1. The standard InChI is InChI=1S/C22H20FNO6S/c1-3-31(27,28)24-9-8-14-10-15(4-6-18(14)24)19(25)12-29-22(26)21-13(2)17-11-16(23)5-7-20(17)30-21/h4-7,10-11H,3,8-9,12H2,1-2H3. The summed E-state index contributed by atoms with van der Waals surface area (Å²) in [6.07, 6.45) is 0.504. The average molecular weight is 445 g/mol. The van der Waals surface area contributed by atoms with Crippen LogP contribution < -0.4 is 4.31 Å². The molecule has 0 unspecified atom stereocenters.